The second-order valence-electron chi connectivity index (χ2n) is 4.60. The molecular formula is C13H19BrFN. The van der Waals surface area contributed by atoms with Gasteiger partial charge in [-0.25, -0.2) is 4.39 Å². The average molecular weight is 288 g/mol. The minimum atomic E-state index is -0.177. The lowest BCUT2D eigenvalue weighted by molar-refractivity contribution is 0.440. The molecule has 0 bridgehead atoms. The van der Waals surface area contributed by atoms with Gasteiger partial charge in [-0.05, 0) is 49.6 Å². The molecule has 0 fully saturated rings. The molecule has 1 atom stereocenters. The fourth-order valence-corrected chi connectivity index (χ4v) is 2.40. The molecule has 1 aromatic carbocycles. The Morgan fingerprint density at radius 1 is 1.31 bits per heavy atom. The van der Waals surface area contributed by atoms with Gasteiger partial charge in [-0.15, -0.1) is 0 Å². The molecule has 0 aliphatic carbocycles. The van der Waals surface area contributed by atoms with E-state index in [1.165, 1.54) is 6.07 Å². The SMILES string of the molecule is CNC(Cc1cc(F)cc(Br)c1)CC(C)C. The van der Waals surface area contributed by atoms with E-state index < -0.39 is 0 Å². The molecule has 1 nitrogen and oxygen atoms in total. The summed E-state index contributed by atoms with van der Waals surface area (Å²) in [5, 5.41) is 3.28. The summed E-state index contributed by atoms with van der Waals surface area (Å²) in [6.07, 6.45) is 1.97. The highest BCUT2D eigenvalue weighted by atomic mass is 79.9. The van der Waals surface area contributed by atoms with Gasteiger partial charge in [0.05, 0.1) is 0 Å². The van der Waals surface area contributed by atoms with Crippen molar-refractivity contribution in [2.24, 2.45) is 5.92 Å². The van der Waals surface area contributed by atoms with E-state index in [1.807, 2.05) is 13.1 Å². The van der Waals surface area contributed by atoms with E-state index in [-0.39, 0.29) is 5.82 Å². The number of benzene rings is 1. The second-order valence-corrected chi connectivity index (χ2v) is 5.51. The largest absolute Gasteiger partial charge is 0.317 e. The molecule has 0 saturated heterocycles. The van der Waals surface area contributed by atoms with E-state index in [0.29, 0.717) is 12.0 Å². The maximum Gasteiger partial charge on any atom is 0.124 e. The predicted molar refractivity (Wildman–Crippen MR) is 70.1 cm³/mol. The lowest BCUT2D eigenvalue weighted by atomic mass is 9.97. The molecule has 0 saturated carbocycles. The Bertz CT molecular complexity index is 318. The van der Waals surface area contributed by atoms with E-state index in [1.54, 1.807) is 6.07 Å². The highest BCUT2D eigenvalue weighted by molar-refractivity contribution is 9.10. The normalized spacial score (nSPS) is 13.1. The summed E-state index contributed by atoms with van der Waals surface area (Å²) in [5.74, 6) is 0.471. The third-order valence-electron chi connectivity index (χ3n) is 2.57. The van der Waals surface area contributed by atoms with Gasteiger partial charge >= 0.3 is 0 Å². The van der Waals surface area contributed by atoms with Crippen molar-refractivity contribution in [2.75, 3.05) is 7.05 Å². The van der Waals surface area contributed by atoms with Gasteiger partial charge in [0.1, 0.15) is 5.82 Å². The Morgan fingerprint density at radius 2 is 2.00 bits per heavy atom. The molecule has 0 aliphatic rings. The van der Waals surface area contributed by atoms with Crippen LogP contribution in [0.1, 0.15) is 25.8 Å². The smallest absolute Gasteiger partial charge is 0.124 e. The van der Waals surface area contributed by atoms with E-state index in [0.717, 1.165) is 22.9 Å². The van der Waals surface area contributed by atoms with Crippen LogP contribution in [0.4, 0.5) is 4.39 Å². The van der Waals surface area contributed by atoms with Crippen molar-refractivity contribution in [2.45, 2.75) is 32.7 Å². The Labute approximate surface area is 106 Å². The van der Waals surface area contributed by atoms with Crippen molar-refractivity contribution in [3.8, 4) is 0 Å². The van der Waals surface area contributed by atoms with Crippen LogP contribution >= 0.6 is 15.9 Å². The summed E-state index contributed by atoms with van der Waals surface area (Å²) in [6, 6.07) is 5.48. The summed E-state index contributed by atoms with van der Waals surface area (Å²) in [6.45, 7) is 4.40. The molecular weight excluding hydrogens is 269 g/mol. The lowest BCUT2D eigenvalue weighted by Gasteiger charge is -2.18. The van der Waals surface area contributed by atoms with Gasteiger partial charge < -0.3 is 5.32 Å². The van der Waals surface area contributed by atoms with Gasteiger partial charge in [0.2, 0.25) is 0 Å². The molecule has 1 unspecified atom stereocenters. The van der Waals surface area contributed by atoms with Gasteiger partial charge in [-0.2, -0.15) is 0 Å². The van der Waals surface area contributed by atoms with Crippen molar-refractivity contribution in [1.82, 2.24) is 5.32 Å². The summed E-state index contributed by atoms with van der Waals surface area (Å²) in [7, 11) is 1.96. The Morgan fingerprint density at radius 3 is 2.50 bits per heavy atom. The van der Waals surface area contributed by atoms with Gasteiger partial charge in [-0.1, -0.05) is 29.8 Å². The van der Waals surface area contributed by atoms with Crippen LogP contribution in [0.25, 0.3) is 0 Å². The van der Waals surface area contributed by atoms with Crippen LogP contribution in [0.5, 0.6) is 0 Å². The van der Waals surface area contributed by atoms with Gasteiger partial charge in [0.25, 0.3) is 0 Å². The molecule has 1 N–H and O–H groups in total. The number of nitrogens with one attached hydrogen (secondary N) is 1. The highest BCUT2D eigenvalue weighted by Gasteiger charge is 2.10. The topological polar surface area (TPSA) is 12.0 Å². The molecule has 0 heterocycles. The van der Waals surface area contributed by atoms with Crippen LogP contribution in [0.15, 0.2) is 22.7 Å². The zero-order chi connectivity index (χ0) is 12.1. The maximum absolute atomic E-state index is 13.2. The fourth-order valence-electron chi connectivity index (χ4n) is 1.89. The number of likely N-dealkylation sites (N-methyl/N-ethyl adjacent to an activating group) is 1. The molecule has 0 amide bonds. The first-order valence-electron chi connectivity index (χ1n) is 5.63. The minimum Gasteiger partial charge on any atom is -0.317 e. The van der Waals surface area contributed by atoms with Crippen LogP contribution in [-0.4, -0.2) is 13.1 Å². The molecule has 0 spiro atoms. The molecule has 3 heteroatoms. The fraction of sp³-hybridized carbons (Fsp3) is 0.538. The molecule has 0 aliphatic heterocycles. The highest BCUT2D eigenvalue weighted by Crippen LogP contribution is 2.17. The summed E-state index contributed by atoms with van der Waals surface area (Å²) in [5.41, 5.74) is 1.03. The van der Waals surface area contributed by atoms with Gasteiger partial charge in [0.15, 0.2) is 0 Å². The number of hydrogen-bond acceptors (Lipinski definition) is 1. The van der Waals surface area contributed by atoms with Crippen molar-refractivity contribution in [3.05, 3.63) is 34.1 Å². The second kappa shape index (κ2) is 6.36. The first kappa shape index (κ1) is 13.7. The van der Waals surface area contributed by atoms with Crippen LogP contribution in [0, 0.1) is 11.7 Å². The van der Waals surface area contributed by atoms with Gasteiger partial charge in [0, 0.05) is 10.5 Å². The van der Waals surface area contributed by atoms with Crippen LogP contribution in [0.3, 0.4) is 0 Å². The van der Waals surface area contributed by atoms with E-state index in [2.05, 4.69) is 35.1 Å². The molecule has 1 aromatic rings. The van der Waals surface area contributed by atoms with Crippen molar-refractivity contribution < 1.29 is 4.39 Å². The zero-order valence-electron chi connectivity index (χ0n) is 10.1. The van der Waals surface area contributed by atoms with Crippen molar-refractivity contribution >= 4 is 15.9 Å². The van der Waals surface area contributed by atoms with Crippen LogP contribution in [-0.2, 0) is 6.42 Å². The van der Waals surface area contributed by atoms with E-state index in [4.69, 9.17) is 0 Å². The van der Waals surface area contributed by atoms with Crippen molar-refractivity contribution in [3.63, 3.8) is 0 Å². The summed E-state index contributed by atoms with van der Waals surface area (Å²) < 4.78 is 14.0. The Kier molecular flexibility index (Phi) is 5.42. The first-order chi connectivity index (χ1) is 7.51. The third-order valence-corrected chi connectivity index (χ3v) is 3.03. The van der Waals surface area contributed by atoms with E-state index in [9.17, 15) is 4.39 Å². The Balaban J connectivity index is 2.69. The Hall–Kier alpha value is -0.410. The predicted octanol–water partition coefficient (Wildman–Crippen LogP) is 3.76. The molecule has 16 heavy (non-hydrogen) atoms. The number of halogens is 2. The summed E-state index contributed by atoms with van der Waals surface area (Å²) in [4.78, 5) is 0. The molecule has 0 radical (unpaired) electrons. The summed E-state index contributed by atoms with van der Waals surface area (Å²) >= 11 is 3.32. The van der Waals surface area contributed by atoms with Crippen LogP contribution in [0.2, 0.25) is 0 Å². The monoisotopic (exact) mass is 287 g/mol. The number of hydrogen-bond donors (Lipinski definition) is 1. The molecule has 1 rings (SSSR count). The number of rotatable bonds is 5. The third kappa shape index (κ3) is 4.62. The first-order valence-corrected chi connectivity index (χ1v) is 6.42. The molecule has 0 aromatic heterocycles. The lowest BCUT2D eigenvalue weighted by Crippen LogP contribution is -2.29. The van der Waals surface area contributed by atoms with Crippen molar-refractivity contribution in [1.29, 1.82) is 0 Å². The quantitative estimate of drug-likeness (QED) is 0.869. The molecule has 90 valence electrons. The van der Waals surface area contributed by atoms with E-state index >= 15 is 0 Å². The minimum absolute atomic E-state index is 0.177. The maximum atomic E-state index is 13.2. The standard InChI is InChI=1S/C13H19BrFN/c1-9(2)4-13(16-3)7-10-5-11(14)8-12(15)6-10/h5-6,8-9,13,16H,4,7H2,1-3H3. The zero-order valence-corrected chi connectivity index (χ0v) is 11.6. The van der Waals surface area contributed by atoms with Gasteiger partial charge in [-0.3, -0.25) is 0 Å². The average Bonchev–Trinajstić information content (AvgIpc) is 2.14. The van der Waals surface area contributed by atoms with Crippen LogP contribution < -0.4 is 5.32 Å².